The van der Waals surface area contributed by atoms with E-state index in [-0.39, 0.29) is 0 Å². The third kappa shape index (κ3) is 3.38. The Bertz CT molecular complexity index is 855. The SMILES string of the molecule is CN(CCC#N)c1ccc(/C=N\n2cnc3ccccc32)cc1. The van der Waals surface area contributed by atoms with Gasteiger partial charge in [0.25, 0.3) is 0 Å². The Morgan fingerprint density at radius 1 is 1.22 bits per heavy atom. The molecular formula is C18H17N5. The number of para-hydroxylation sites is 2. The van der Waals surface area contributed by atoms with E-state index in [9.17, 15) is 0 Å². The molecule has 0 radical (unpaired) electrons. The molecule has 0 aliphatic heterocycles. The lowest BCUT2D eigenvalue weighted by Gasteiger charge is -2.17. The van der Waals surface area contributed by atoms with Crippen molar-refractivity contribution < 1.29 is 0 Å². The summed E-state index contributed by atoms with van der Waals surface area (Å²) in [6.45, 7) is 0.727. The lowest BCUT2D eigenvalue weighted by molar-refractivity contribution is 0.905. The minimum Gasteiger partial charge on any atom is -0.374 e. The van der Waals surface area contributed by atoms with Gasteiger partial charge in [-0.1, -0.05) is 24.3 Å². The summed E-state index contributed by atoms with van der Waals surface area (Å²) in [5.41, 5.74) is 4.02. The molecule has 114 valence electrons. The second kappa shape index (κ2) is 6.75. The number of hydrogen-bond acceptors (Lipinski definition) is 4. The van der Waals surface area contributed by atoms with Gasteiger partial charge >= 0.3 is 0 Å². The van der Waals surface area contributed by atoms with Gasteiger partial charge in [-0.25, -0.2) is 9.66 Å². The summed E-state index contributed by atoms with van der Waals surface area (Å²) in [5, 5.41) is 13.1. The number of nitrogens with zero attached hydrogens (tertiary/aromatic N) is 5. The van der Waals surface area contributed by atoms with Crippen LogP contribution in [0.15, 0.2) is 60.0 Å². The zero-order valence-corrected chi connectivity index (χ0v) is 12.9. The summed E-state index contributed by atoms with van der Waals surface area (Å²) in [4.78, 5) is 6.38. The summed E-state index contributed by atoms with van der Waals surface area (Å²) in [6, 6.07) is 18.1. The van der Waals surface area contributed by atoms with Crippen molar-refractivity contribution in [2.24, 2.45) is 5.10 Å². The van der Waals surface area contributed by atoms with Crippen LogP contribution in [-0.2, 0) is 0 Å². The molecule has 23 heavy (non-hydrogen) atoms. The highest BCUT2D eigenvalue weighted by Crippen LogP contribution is 2.14. The second-order valence-electron chi connectivity index (χ2n) is 5.24. The Kier molecular flexibility index (Phi) is 4.34. The van der Waals surface area contributed by atoms with E-state index >= 15 is 0 Å². The Morgan fingerprint density at radius 2 is 2.00 bits per heavy atom. The molecule has 0 unspecified atom stereocenters. The van der Waals surface area contributed by atoms with Crippen molar-refractivity contribution in [2.75, 3.05) is 18.5 Å². The van der Waals surface area contributed by atoms with E-state index in [0.717, 1.165) is 28.8 Å². The van der Waals surface area contributed by atoms with Crippen molar-refractivity contribution in [3.63, 3.8) is 0 Å². The number of nitriles is 1. The molecule has 1 heterocycles. The van der Waals surface area contributed by atoms with E-state index in [1.54, 1.807) is 11.0 Å². The molecule has 0 atom stereocenters. The third-order valence-electron chi connectivity index (χ3n) is 3.66. The first-order chi connectivity index (χ1) is 11.3. The molecule has 5 nitrogen and oxygen atoms in total. The number of aromatic nitrogens is 2. The molecule has 3 aromatic rings. The van der Waals surface area contributed by atoms with E-state index in [2.05, 4.69) is 21.1 Å². The quantitative estimate of drug-likeness (QED) is 0.680. The van der Waals surface area contributed by atoms with E-state index in [1.807, 2.05) is 61.8 Å². The van der Waals surface area contributed by atoms with Crippen LogP contribution < -0.4 is 4.90 Å². The van der Waals surface area contributed by atoms with Crippen molar-refractivity contribution in [1.82, 2.24) is 9.66 Å². The first kappa shape index (κ1) is 14.8. The Morgan fingerprint density at radius 3 is 2.78 bits per heavy atom. The molecule has 5 heteroatoms. The predicted molar refractivity (Wildman–Crippen MR) is 92.7 cm³/mol. The maximum atomic E-state index is 8.64. The van der Waals surface area contributed by atoms with Gasteiger partial charge in [-0.05, 0) is 29.8 Å². The number of rotatable bonds is 5. The van der Waals surface area contributed by atoms with Gasteiger partial charge in [0.1, 0.15) is 6.33 Å². The van der Waals surface area contributed by atoms with Crippen molar-refractivity contribution in [1.29, 1.82) is 5.26 Å². The summed E-state index contributed by atoms with van der Waals surface area (Å²) in [7, 11) is 1.98. The zero-order chi connectivity index (χ0) is 16.1. The largest absolute Gasteiger partial charge is 0.374 e. The molecule has 2 aromatic carbocycles. The van der Waals surface area contributed by atoms with E-state index < -0.39 is 0 Å². The number of benzene rings is 2. The molecule has 0 aliphatic carbocycles. The van der Waals surface area contributed by atoms with Crippen LogP contribution in [0.2, 0.25) is 0 Å². The molecule has 0 saturated carbocycles. The Labute approximate surface area is 135 Å². The molecule has 0 bridgehead atoms. The normalized spacial score (nSPS) is 11.0. The fourth-order valence-corrected chi connectivity index (χ4v) is 2.33. The van der Waals surface area contributed by atoms with Crippen molar-refractivity contribution in [2.45, 2.75) is 6.42 Å². The highest BCUT2D eigenvalue weighted by Gasteiger charge is 2.01. The Balaban J connectivity index is 1.74. The van der Waals surface area contributed by atoms with Crippen LogP contribution in [-0.4, -0.2) is 29.5 Å². The number of hydrogen-bond donors (Lipinski definition) is 0. The molecule has 0 spiro atoms. The molecular weight excluding hydrogens is 286 g/mol. The molecule has 0 saturated heterocycles. The molecule has 0 aliphatic rings. The molecule has 0 fully saturated rings. The van der Waals surface area contributed by atoms with Crippen molar-refractivity contribution >= 4 is 22.9 Å². The zero-order valence-electron chi connectivity index (χ0n) is 12.9. The fourth-order valence-electron chi connectivity index (χ4n) is 2.33. The van der Waals surface area contributed by atoms with Gasteiger partial charge in [0.15, 0.2) is 0 Å². The summed E-state index contributed by atoms with van der Waals surface area (Å²) < 4.78 is 1.77. The fraction of sp³-hybridized carbons (Fsp3) is 0.167. The topological polar surface area (TPSA) is 57.2 Å². The second-order valence-corrected chi connectivity index (χ2v) is 5.24. The van der Waals surface area contributed by atoms with Crippen LogP contribution in [0.5, 0.6) is 0 Å². The first-order valence-corrected chi connectivity index (χ1v) is 7.42. The Hall–Kier alpha value is -3.13. The van der Waals surface area contributed by atoms with Gasteiger partial charge in [-0.2, -0.15) is 10.4 Å². The van der Waals surface area contributed by atoms with Gasteiger partial charge < -0.3 is 4.90 Å². The predicted octanol–water partition coefficient (Wildman–Crippen LogP) is 3.27. The summed E-state index contributed by atoms with van der Waals surface area (Å²) in [5.74, 6) is 0. The first-order valence-electron chi connectivity index (χ1n) is 7.42. The minimum atomic E-state index is 0.521. The lowest BCUT2D eigenvalue weighted by atomic mass is 10.2. The van der Waals surface area contributed by atoms with E-state index in [4.69, 9.17) is 5.26 Å². The van der Waals surface area contributed by atoms with Crippen LogP contribution in [0.4, 0.5) is 5.69 Å². The van der Waals surface area contributed by atoms with Crippen molar-refractivity contribution in [3.8, 4) is 6.07 Å². The third-order valence-corrected chi connectivity index (χ3v) is 3.66. The highest BCUT2D eigenvalue weighted by atomic mass is 15.4. The summed E-state index contributed by atoms with van der Waals surface area (Å²) in [6.07, 6.45) is 4.05. The standard InChI is InChI=1S/C18H17N5/c1-22(12-4-11-19)16-9-7-15(8-10-16)13-21-23-14-20-17-5-2-3-6-18(17)23/h2-3,5-10,13-14H,4,12H2,1H3/b21-13-. The van der Waals surface area contributed by atoms with E-state index in [0.29, 0.717) is 6.42 Å². The number of imidazole rings is 1. The van der Waals surface area contributed by atoms with Crippen molar-refractivity contribution in [3.05, 3.63) is 60.4 Å². The smallest absolute Gasteiger partial charge is 0.118 e. The maximum absolute atomic E-state index is 8.64. The monoisotopic (exact) mass is 303 g/mol. The average Bonchev–Trinajstić information content (AvgIpc) is 3.01. The molecule has 3 rings (SSSR count). The average molecular weight is 303 g/mol. The maximum Gasteiger partial charge on any atom is 0.118 e. The molecule has 0 N–H and O–H groups in total. The van der Waals surface area contributed by atoms with Gasteiger partial charge in [-0.3, -0.25) is 0 Å². The van der Waals surface area contributed by atoms with Gasteiger partial charge in [0, 0.05) is 19.3 Å². The van der Waals surface area contributed by atoms with Gasteiger partial charge in [0.05, 0.1) is 29.7 Å². The van der Waals surface area contributed by atoms with Gasteiger partial charge in [-0.15, -0.1) is 0 Å². The van der Waals surface area contributed by atoms with Crippen LogP contribution in [0.3, 0.4) is 0 Å². The number of anilines is 1. The van der Waals surface area contributed by atoms with Crippen LogP contribution in [0.25, 0.3) is 11.0 Å². The van der Waals surface area contributed by atoms with Gasteiger partial charge in [0.2, 0.25) is 0 Å². The van der Waals surface area contributed by atoms with Crippen LogP contribution in [0, 0.1) is 11.3 Å². The highest BCUT2D eigenvalue weighted by molar-refractivity contribution is 5.81. The molecule has 1 aromatic heterocycles. The summed E-state index contributed by atoms with van der Waals surface area (Å²) >= 11 is 0. The minimum absolute atomic E-state index is 0.521. The lowest BCUT2D eigenvalue weighted by Crippen LogP contribution is -2.17. The van der Waals surface area contributed by atoms with E-state index in [1.165, 1.54) is 0 Å². The number of fused-ring (bicyclic) bond motifs is 1. The van der Waals surface area contributed by atoms with Crippen LogP contribution >= 0.6 is 0 Å². The molecule has 0 amide bonds. The van der Waals surface area contributed by atoms with Crippen LogP contribution in [0.1, 0.15) is 12.0 Å².